The molecule has 1 saturated heterocycles. The summed E-state index contributed by atoms with van der Waals surface area (Å²) in [6, 6.07) is 8.84. The summed E-state index contributed by atoms with van der Waals surface area (Å²) >= 11 is 1.24. The molecular formula is C23H20F3N3O2S. The third kappa shape index (κ3) is 5.16. The molecule has 0 radical (unpaired) electrons. The number of likely N-dealkylation sites (tertiary alicyclic amines) is 1. The molecule has 166 valence electrons. The first-order valence-corrected chi connectivity index (χ1v) is 10.9. The van der Waals surface area contributed by atoms with Crippen molar-refractivity contribution in [2.75, 3.05) is 18.4 Å². The van der Waals surface area contributed by atoms with Crippen LogP contribution < -0.4 is 5.32 Å². The Morgan fingerprint density at radius 3 is 2.41 bits per heavy atom. The number of nitrogens with zero attached hydrogens (tertiary/aromatic N) is 2. The minimum Gasteiger partial charge on any atom is -0.339 e. The lowest BCUT2D eigenvalue weighted by Gasteiger charge is -2.31. The number of thiazole rings is 1. The number of carbonyl (C=O) groups is 2. The first kappa shape index (κ1) is 22.0. The highest BCUT2D eigenvalue weighted by Gasteiger charge is 2.28. The minimum atomic E-state index is -0.631. The van der Waals surface area contributed by atoms with Crippen LogP contribution in [0, 0.1) is 23.4 Å². The molecular weight excluding hydrogens is 439 g/mol. The van der Waals surface area contributed by atoms with Crippen molar-refractivity contribution >= 4 is 28.3 Å². The van der Waals surface area contributed by atoms with Crippen molar-refractivity contribution in [3.8, 4) is 0 Å². The van der Waals surface area contributed by atoms with Crippen LogP contribution in [-0.4, -0.2) is 34.8 Å². The second kappa shape index (κ2) is 9.52. The Bertz CT molecular complexity index is 1130. The molecule has 1 fully saturated rings. The first-order chi connectivity index (χ1) is 15.4. The van der Waals surface area contributed by atoms with Crippen molar-refractivity contribution in [2.24, 2.45) is 5.92 Å². The van der Waals surface area contributed by atoms with Crippen molar-refractivity contribution in [3.63, 3.8) is 0 Å². The van der Waals surface area contributed by atoms with Crippen LogP contribution in [0.2, 0.25) is 0 Å². The van der Waals surface area contributed by atoms with Crippen molar-refractivity contribution in [1.29, 1.82) is 0 Å². The molecule has 2 heterocycles. The maximum Gasteiger partial charge on any atom is 0.253 e. The molecule has 0 aliphatic carbocycles. The van der Waals surface area contributed by atoms with E-state index in [2.05, 4.69) is 10.3 Å². The van der Waals surface area contributed by atoms with Crippen LogP contribution in [0.5, 0.6) is 0 Å². The molecule has 0 spiro atoms. The van der Waals surface area contributed by atoms with Gasteiger partial charge in [-0.1, -0.05) is 6.07 Å². The molecule has 1 aliphatic rings. The van der Waals surface area contributed by atoms with E-state index in [-0.39, 0.29) is 24.2 Å². The summed E-state index contributed by atoms with van der Waals surface area (Å²) in [5.74, 6) is -2.26. The number of rotatable bonds is 5. The molecule has 9 heteroatoms. The van der Waals surface area contributed by atoms with Gasteiger partial charge in [0.2, 0.25) is 5.91 Å². The van der Waals surface area contributed by atoms with Gasteiger partial charge in [0.1, 0.15) is 17.5 Å². The number of piperidine rings is 1. The number of aromatic nitrogens is 1. The molecule has 0 saturated carbocycles. The van der Waals surface area contributed by atoms with E-state index in [0.29, 0.717) is 42.2 Å². The zero-order chi connectivity index (χ0) is 22.7. The Labute approximate surface area is 186 Å². The number of hydrogen-bond donors (Lipinski definition) is 1. The zero-order valence-electron chi connectivity index (χ0n) is 17.0. The van der Waals surface area contributed by atoms with E-state index in [1.165, 1.54) is 47.7 Å². The largest absolute Gasteiger partial charge is 0.339 e. The highest BCUT2D eigenvalue weighted by molar-refractivity contribution is 7.15. The van der Waals surface area contributed by atoms with Crippen molar-refractivity contribution in [2.45, 2.75) is 19.3 Å². The summed E-state index contributed by atoms with van der Waals surface area (Å²) in [6.45, 7) is 0.864. The summed E-state index contributed by atoms with van der Waals surface area (Å²) in [7, 11) is 0. The molecule has 32 heavy (non-hydrogen) atoms. The van der Waals surface area contributed by atoms with Gasteiger partial charge < -0.3 is 10.2 Å². The monoisotopic (exact) mass is 459 g/mol. The fourth-order valence-corrected chi connectivity index (χ4v) is 4.47. The first-order valence-electron chi connectivity index (χ1n) is 10.1. The lowest BCUT2D eigenvalue weighted by atomic mass is 9.95. The van der Waals surface area contributed by atoms with Crippen LogP contribution in [0.1, 0.15) is 33.6 Å². The number of amides is 2. The van der Waals surface area contributed by atoms with Gasteiger partial charge in [0.15, 0.2) is 5.13 Å². The van der Waals surface area contributed by atoms with Gasteiger partial charge in [-0.05, 0) is 48.7 Å². The Kier molecular flexibility index (Phi) is 6.55. The van der Waals surface area contributed by atoms with E-state index in [0.717, 1.165) is 10.9 Å². The van der Waals surface area contributed by atoms with E-state index in [4.69, 9.17) is 0 Å². The second-order valence-electron chi connectivity index (χ2n) is 7.61. The maximum absolute atomic E-state index is 13.8. The number of carbonyl (C=O) groups excluding carboxylic acids is 2. The molecule has 0 bridgehead atoms. The Morgan fingerprint density at radius 2 is 1.72 bits per heavy atom. The van der Waals surface area contributed by atoms with Gasteiger partial charge in [-0.2, -0.15) is 0 Å². The second-order valence-corrected chi connectivity index (χ2v) is 8.72. The Hall–Kier alpha value is -3.20. The molecule has 1 aliphatic heterocycles. The van der Waals surface area contributed by atoms with Crippen molar-refractivity contribution < 1.29 is 22.8 Å². The van der Waals surface area contributed by atoms with Gasteiger partial charge in [-0.25, -0.2) is 18.2 Å². The zero-order valence-corrected chi connectivity index (χ0v) is 17.8. The van der Waals surface area contributed by atoms with Crippen LogP contribution >= 0.6 is 11.3 Å². The number of halogens is 3. The summed E-state index contributed by atoms with van der Waals surface area (Å²) < 4.78 is 39.9. The van der Waals surface area contributed by atoms with Gasteiger partial charge in [0.25, 0.3) is 5.91 Å². The van der Waals surface area contributed by atoms with Gasteiger partial charge in [0, 0.05) is 48.1 Å². The Balaban J connectivity index is 1.29. The molecule has 2 aromatic carbocycles. The number of anilines is 1. The highest BCUT2D eigenvalue weighted by atomic mass is 32.1. The molecule has 0 unspecified atom stereocenters. The summed E-state index contributed by atoms with van der Waals surface area (Å²) in [5.41, 5.74) is 0.772. The van der Waals surface area contributed by atoms with Crippen molar-refractivity contribution in [3.05, 3.63) is 82.1 Å². The summed E-state index contributed by atoms with van der Waals surface area (Å²) in [4.78, 5) is 31.7. The van der Waals surface area contributed by atoms with E-state index in [1.807, 2.05) is 0 Å². The fraction of sp³-hybridized carbons (Fsp3) is 0.261. The smallest absolute Gasteiger partial charge is 0.253 e. The van der Waals surface area contributed by atoms with Crippen LogP contribution in [0.25, 0.3) is 0 Å². The van der Waals surface area contributed by atoms with Gasteiger partial charge in [-0.15, -0.1) is 11.3 Å². The SMILES string of the molecule is O=C(Nc1ncc(Cc2ccc(F)cc2F)s1)C1CCN(C(=O)c2ccc(F)cc2)CC1. The van der Waals surface area contributed by atoms with E-state index in [1.54, 1.807) is 11.1 Å². The van der Waals surface area contributed by atoms with Crippen molar-refractivity contribution in [1.82, 2.24) is 9.88 Å². The maximum atomic E-state index is 13.8. The molecule has 4 rings (SSSR count). The van der Waals surface area contributed by atoms with E-state index < -0.39 is 17.5 Å². The predicted octanol–water partition coefficient (Wildman–Crippen LogP) is 4.64. The van der Waals surface area contributed by atoms with Crippen LogP contribution in [0.3, 0.4) is 0 Å². The summed E-state index contributed by atoms with van der Waals surface area (Å²) in [6.07, 6.45) is 2.84. The topological polar surface area (TPSA) is 62.3 Å². The minimum absolute atomic E-state index is 0.173. The normalized spacial score (nSPS) is 14.4. The average Bonchev–Trinajstić information content (AvgIpc) is 3.22. The highest BCUT2D eigenvalue weighted by Crippen LogP contribution is 2.25. The van der Waals surface area contributed by atoms with Crippen LogP contribution in [-0.2, 0) is 11.2 Å². The van der Waals surface area contributed by atoms with E-state index >= 15 is 0 Å². The Morgan fingerprint density at radius 1 is 1.03 bits per heavy atom. The lowest BCUT2D eigenvalue weighted by molar-refractivity contribution is -0.121. The third-order valence-corrected chi connectivity index (χ3v) is 6.32. The molecule has 1 N–H and O–H groups in total. The van der Waals surface area contributed by atoms with Crippen LogP contribution in [0.4, 0.5) is 18.3 Å². The fourth-order valence-electron chi connectivity index (χ4n) is 3.63. The van der Waals surface area contributed by atoms with Gasteiger partial charge in [-0.3, -0.25) is 9.59 Å². The third-order valence-electron chi connectivity index (χ3n) is 5.41. The molecule has 2 amide bonds. The van der Waals surface area contributed by atoms with E-state index in [9.17, 15) is 22.8 Å². The number of benzene rings is 2. The molecule has 1 aromatic heterocycles. The lowest BCUT2D eigenvalue weighted by Crippen LogP contribution is -2.41. The summed E-state index contributed by atoms with van der Waals surface area (Å²) in [5, 5.41) is 3.21. The standard InChI is InChI=1S/C23H20F3N3O2S/c24-17-4-1-15(2-5-17)22(31)29-9-7-14(8-10-29)21(30)28-23-27-13-19(32-23)11-16-3-6-18(25)12-20(16)26/h1-6,12-14H,7-11H2,(H,27,28,30). The van der Waals surface area contributed by atoms with Crippen LogP contribution in [0.15, 0.2) is 48.7 Å². The molecule has 5 nitrogen and oxygen atoms in total. The molecule has 3 aromatic rings. The van der Waals surface area contributed by atoms with Gasteiger partial charge >= 0.3 is 0 Å². The average molecular weight is 459 g/mol. The number of nitrogens with one attached hydrogen (secondary N) is 1. The predicted molar refractivity (Wildman–Crippen MR) is 115 cm³/mol. The quantitative estimate of drug-likeness (QED) is 0.605. The molecule has 0 atom stereocenters. The number of hydrogen-bond acceptors (Lipinski definition) is 4. The van der Waals surface area contributed by atoms with Gasteiger partial charge in [0.05, 0.1) is 0 Å².